The molecule has 4 aromatic rings. The molecule has 3 aromatic carbocycles. The molecule has 0 spiro atoms. The molecule has 1 aromatic heterocycles. The van der Waals surface area contributed by atoms with Crippen LogP contribution in [0.1, 0.15) is 21.7 Å². The number of amides is 1. The van der Waals surface area contributed by atoms with Crippen molar-refractivity contribution in [3.63, 3.8) is 0 Å². The highest BCUT2D eigenvalue weighted by molar-refractivity contribution is 6.37. The standard InChI is InChI=1S/C24H17Cl2NO4/c1-13-18-8-6-15(14-4-3-5-17(10-14)27-24(29)30-2)11-21(18)31-23(13)22(28)19-9-7-16(25)12-20(19)26/h3-12H,1-2H3,(H,27,29). The van der Waals surface area contributed by atoms with Gasteiger partial charge in [-0.05, 0) is 54.4 Å². The van der Waals surface area contributed by atoms with Crippen LogP contribution in [0.2, 0.25) is 10.0 Å². The van der Waals surface area contributed by atoms with Gasteiger partial charge < -0.3 is 9.15 Å². The van der Waals surface area contributed by atoms with Crippen LogP contribution in [0.25, 0.3) is 22.1 Å². The number of ketones is 1. The van der Waals surface area contributed by atoms with E-state index in [4.69, 9.17) is 27.6 Å². The Balaban J connectivity index is 1.72. The summed E-state index contributed by atoms with van der Waals surface area (Å²) in [7, 11) is 1.31. The van der Waals surface area contributed by atoms with Crippen molar-refractivity contribution in [2.24, 2.45) is 0 Å². The van der Waals surface area contributed by atoms with E-state index in [9.17, 15) is 9.59 Å². The van der Waals surface area contributed by atoms with Gasteiger partial charge in [-0.25, -0.2) is 4.79 Å². The summed E-state index contributed by atoms with van der Waals surface area (Å²) in [5.74, 6) is -0.0707. The Morgan fingerprint density at radius 2 is 1.74 bits per heavy atom. The Labute approximate surface area is 188 Å². The molecule has 1 heterocycles. The first-order valence-electron chi connectivity index (χ1n) is 9.35. The minimum atomic E-state index is -0.543. The minimum absolute atomic E-state index is 0.234. The van der Waals surface area contributed by atoms with E-state index >= 15 is 0 Å². The van der Waals surface area contributed by atoms with Crippen LogP contribution in [0, 0.1) is 6.92 Å². The first kappa shape index (κ1) is 21.0. The van der Waals surface area contributed by atoms with E-state index in [1.807, 2.05) is 43.3 Å². The SMILES string of the molecule is COC(=O)Nc1cccc(-c2ccc3c(C)c(C(=O)c4ccc(Cl)cc4Cl)oc3c2)c1. The number of furan rings is 1. The number of hydrogen-bond donors (Lipinski definition) is 1. The molecular formula is C24H17Cl2NO4. The van der Waals surface area contributed by atoms with Crippen LogP contribution in [0.15, 0.2) is 65.1 Å². The number of carbonyl (C=O) groups excluding carboxylic acids is 2. The monoisotopic (exact) mass is 453 g/mol. The van der Waals surface area contributed by atoms with E-state index in [-0.39, 0.29) is 16.6 Å². The molecule has 4 rings (SSSR count). The second kappa shape index (κ2) is 8.46. The van der Waals surface area contributed by atoms with E-state index in [0.29, 0.717) is 21.9 Å². The molecule has 5 nitrogen and oxygen atoms in total. The lowest BCUT2D eigenvalue weighted by Gasteiger charge is -2.07. The van der Waals surface area contributed by atoms with Crippen molar-refractivity contribution in [1.82, 2.24) is 0 Å². The molecule has 0 saturated heterocycles. The average molecular weight is 454 g/mol. The van der Waals surface area contributed by atoms with Crippen molar-refractivity contribution in [2.45, 2.75) is 6.92 Å². The van der Waals surface area contributed by atoms with Crippen LogP contribution < -0.4 is 5.32 Å². The minimum Gasteiger partial charge on any atom is -0.453 e. The number of nitrogens with one attached hydrogen (secondary N) is 1. The number of fused-ring (bicyclic) bond motifs is 1. The van der Waals surface area contributed by atoms with Gasteiger partial charge in [0.15, 0.2) is 5.76 Å². The number of halogens is 2. The maximum atomic E-state index is 13.0. The summed E-state index contributed by atoms with van der Waals surface area (Å²) in [6, 6.07) is 17.8. The summed E-state index contributed by atoms with van der Waals surface area (Å²) in [4.78, 5) is 24.5. The predicted molar refractivity (Wildman–Crippen MR) is 122 cm³/mol. The van der Waals surface area contributed by atoms with Crippen LogP contribution in [0.5, 0.6) is 0 Å². The van der Waals surface area contributed by atoms with Crippen LogP contribution in [-0.2, 0) is 4.74 Å². The van der Waals surface area contributed by atoms with Crippen LogP contribution in [0.3, 0.4) is 0 Å². The van der Waals surface area contributed by atoms with E-state index in [1.54, 1.807) is 18.2 Å². The molecule has 0 fully saturated rings. The third kappa shape index (κ3) is 4.15. The Bertz CT molecular complexity index is 1330. The molecule has 7 heteroatoms. The van der Waals surface area contributed by atoms with Crippen LogP contribution in [-0.4, -0.2) is 19.0 Å². The van der Waals surface area contributed by atoms with Crippen molar-refractivity contribution in [3.8, 4) is 11.1 Å². The number of carbonyl (C=O) groups is 2. The Morgan fingerprint density at radius 3 is 2.48 bits per heavy atom. The van der Waals surface area contributed by atoms with Gasteiger partial charge in [0.2, 0.25) is 5.78 Å². The Kier molecular flexibility index (Phi) is 5.72. The fourth-order valence-corrected chi connectivity index (χ4v) is 3.86. The molecule has 1 amide bonds. The topological polar surface area (TPSA) is 68.5 Å². The first-order chi connectivity index (χ1) is 14.9. The number of anilines is 1. The summed E-state index contributed by atoms with van der Waals surface area (Å²) in [5, 5.41) is 4.20. The smallest absolute Gasteiger partial charge is 0.411 e. The highest BCUT2D eigenvalue weighted by Gasteiger charge is 2.21. The normalized spacial score (nSPS) is 10.8. The molecule has 0 atom stereocenters. The zero-order chi connectivity index (χ0) is 22.1. The maximum Gasteiger partial charge on any atom is 0.411 e. The van der Waals surface area contributed by atoms with Gasteiger partial charge in [0.25, 0.3) is 0 Å². The highest BCUT2D eigenvalue weighted by atomic mass is 35.5. The number of ether oxygens (including phenoxy) is 1. The van der Waals surface area contributed by atoms with Crippen molar-refractivity contribution in [2.75, 3.05) is 12.4 Å². The fourth-order valence-electron chi connectivity index (χ4n) is 3.36. The third-order valence-corrected chi connectivity index (χ3v) is 5.50. The summed E-state index contributed by atoms with van der Waals surface area (Å²) in [6.07, 6.45) is -0.543. The second-order valence-corrected chi connectivity index (χ2v) is 7.76. The van der Waals surface area contributed by atoms with Gasteiger partial charge in [-0.2, -0.15) is 0 Å². The summed E-state index contributed by atoms with van der Waals surface area (Å²) in [6.45, 7) is 1.84. The van der Waals surface area contributed by atoms with E-state index < -0.39 is 6.09 Å². The number of methoxy groups -OCH3 is 1. The third-order valence-electron chi connectivity index (χ3n) is 4.95. The zero-order valence-electron chi connectivity index (χ0n) is 16.7. The van der Waals surface area contributed by atoms with Gasteiger partial charge in [0, 0.05) is 27.2 Å². The molecule has 0 bridgehead atoms. The highest BCUT2D eigenvalue weighted by Crippen LogP contribution is 2.33. The lowest BCUT2D eigenvalue weighted by molar-refractivity contribution is 0.101. The Hall–Kier alpha value is -3.28. The lowest BCUT2D eigenvalue weighted by atomic mass is 10.0. The number of benzene rings is 3. The number of hydrogen-bond acceptors (Lipinski definition) is 4. The molecule has 0 aliphatic carbocycles. The van der Waals surface area contributed by atoms with Crippen molar-refractivity contribution in [3.05, 3.63) is 87.6 Å². The quantitative estimate of drug-likeness (QED) is 0.333. The first-order valence-corrected chi connectivity index (χ1v) is 10.1. The molecule has 31 heavy (non-hydrogen) atoms. The average Bonchev–Trinajstić information content (AvgIpc) is 3.09. The predicted octanol–water partition coefficient (Wildman–Crippen LogP) is 7.12. The summed E-state index contributed by atoms with van der Waals surface area (Å²) in [5.41, 5.74) is 3.99. The van der Waals surface area contributed by atoms with Gasteiger partial charge in [0.05, 0.1) is 12.1 Å². The molecule has 156 valence electrons. The van der Waals surface area contributed by atoms with Crippen LogP contribution >= 0.6 is 23.2 Å². The zero-order valence-corrected chi connectivity index (χ0v) is 18.2. The van der Waals surface area contributed by atoms with Gasteiger partial charge in [-0.3, -0.25) is 10.1 Å². The molecule has 0 aliphatic heterocycles. The van der Waals surface area contributed by atoms with E-state index in [1.165, 1.54) is 13.2 Å². The summed E-state index contributed by atoms with van der Waals surface area (Å²) >= 11 is 12.1. The molecular weight excluding hydrogens is 437 g/mol. The van der Waals surface area contributed by atoms with Gasteiger partial charge >= 0.3 is 6.09 Å². The van der Waals surface area contributed by atoms with Gasteiger partial charge in [-0.1, -0.05) is 47.5 Å². The van der Waals surface area contributed by atoms with E-state index in [2.05, 4.69) is 10.1 Å². The number of aryl methyl sites for hydroxylation is 1. The van der Waals surface area contributed by atoms with Crippen molar-refractivity contribution in [1.29, 1.82) is 0 Å². The van der Waals surface area contributed by atoms with Crippen LogP contribution in [0.4, 0.5) is 10.5 Å². The molecule has 0 unspecified atom stereocenters. The number of rotatable bonds is 4. The Morgan fingerprint density at radius 1 is 0.968 bits per heavy atom. The maximum absolute atomic E-state index is 13.0. The van der Waals surface area contributed by atoms with Gasteiger partial charge in [-0.15, -0.1) is 0 Å². The fraction of sp³-hybridized carbons (Fsp3) is 0.0833. The van der Waals surface area contributed by atoms with Crippen molar-refractivity contribution < 1.29 is 18.7 Å². The second-order valence-electron chi connectivity index (χ2n) is 6.92. The van der Waals surface area contributed by atoms with Crippen molar-refractivity contribution >= 4 is 51.7 Å². The van der Waals surface area contributed by atoms with E-state index in [0.717, 1.165) is 22.1 Å². The molecule has 0 saturated carbocycles. The summed E-state index contributed by atoms with van der Waals surface area (Å²) < 4.78 is 10.6. The largest absolute Gasteiger partial charge is 0.453 e. The molecule has 1 N–H and O–H groups in total. The molecule has 0 aliphatic rings. The van der Waals surface area contributed by atoms with Gasteiger partial charge in [0.1, 0.15) is 5.58 Å². The molecule has 0 radical (unpaired) electrons. The lowest BCUT2D eigenvalue weighted by Crippen LogP contribution is -2.10.